The van der Waals surface area contributed by atoms with E-state index >= 15 is 0 Å². The van der Waals surface area contributed by atoms with Crippen LogP contribution in [0.2, 0.25) is 0 Å². The number of sulfone groups is 1. The number of aromatic nitrogens is 3. The third kappa shape index (κ3) is 4.56. The minimum atomic E-state index is -3.80. The molecule has 0 N–H and O–H groups in total. The van der Waals surface area contributed by atoms with Crippen LogP contribution in [0.4, 0.5) is 5.82 Å². The predicted molar refractivity (Wildman–Crippen MR) is 134 cm³/mol. The van der Waals surface area contributed by atoms with E-state index in [-0.39, 0.29) is 33.8 Å². The molecule has 0 bridgehead atoms. The summed E-state index contributed by atoms with van der Waals surface area (Å²) >= 11 is 0. The van der Waals surface area contributed by atoms with Gasteiger partial charge in [-0.05, 0) is 43.9 Å². The first-order valence-corrected chi connectivity index (χ1v) is 14.9. The van der Waals surface area contributed by atoms with Crippen molar-refractivity contribution in [3.63, 3.8) is 0 Å². The second-order valence-corrected chi connectivity index (χ2v) is 14.2. The molecule has 188 valence electrons. The lowest BCUT2D eigenvalue weighted by Gasteiger charge is -2.43. The molecule has 3 aromatic rings. The Labute approximate surface area is 206 Å². The quantitative estimate of drug-likeness (QED) is 0.447. The van der Waals surface area contributed by atoms with Gasteiger partial charge in [0.1, 0.15) is 12.1 Å². The number of benzene rings is 1. The van der Waals surface area contributed by atoms with Crippen LogP contribution in [0.1, 0.15) is 25.3 Å². The molecule has 1 aliphatic carbocycles. The molecule has 0 unspecified atom stereocenters. The lowest BCUT2D eigenvalue weighted by molar-refractivity contribution is -0.0870. The molecule has 1 saturated heterocycles. The van der Waals surface area contributed by atoms with Gasteiger partial charge in [-0.3, -0.25) is 0 Å². The highest BCUT2D eigenvalue weighted by molar-refractivity contribution is 7.91. The van der Waals surface area contributed by atoms with E-state index in [9.17, 15) is 16.8 Å². The summed E-state index contributed by atoms with van der Waals surface area (Å²) in [6, 6.07) is 8.56. The van der Waals surface area contributed by atoms with E-state index in [1.807, 2.05) is 25.8 Å². The standard InChI is InChI=1S/C24H30N4O5S2/c1-17-4-6-20(7-5-17)35(31,32)28-9-8-21-22(25-16-26-23(21)28)27(3)19-10-18(11-19)12-34(29,30)15-24(2)13-33-14-24/h4-9,16,18-19H,10-15H2,1-3H3. The number of nitrogens with zero attached hydrogens (tertiary/aromatic N) is 4. The van der Waals surface area contributed by atoms with E-state index in [1.165, 1.54) is 16.5 Å². The molecule has 1 aromatic carbocycles. The highest BCUT2D eigenvalue weighted by atomic mass is 32.2. The lowest BCUT2D eigenvalue weighted by atomic mass is 9.81. The molecule has 1 aliphatic heterocycles. The number of rotatable bonds is 8. The number of anilines is 1. The van der Waals surface area contributed by atoms with Crippen LogP contribution in [-0.2, 0) is 24.6 Å². The zero-order valence-corrected chi connectivity index (χ0v) is 21.7. The minimum absolute atomic E-state index is 0.112. The zero-order chi connectivity index (χ0) is 25.0. The van der Waals surface area contributed by atoms with E-state index in [1.54, 1.807) is 30.3 Å². The van der Waals surface area contributed by atoms with Crippen LogP contribution in [0.3, 0.4) is 0 Å². The van der Waals surface area contributed by atoms with Gasteiger partial charge in [0.25, 0.3) is 10.0 Å². The molecule has 0 amide bonds. The molecule has 0 spiro atoms. The molecule has 5 rings (SSSR count). The van der Waals surface area contributed by atoms with Gasteiger partial charge in [-0.2, -0.15) is 0 Å². The van der Waals surface area contributed by atoms with E-state index in [0.717, 1.165) is 18.4 Å². The molecule has 1 saturated carbocycles. The second-order valence-electron chi connectivity index (χ2n) is 10.3. The fourth-order valence-electron chi connectivity index (χ4n) is 5.02. The van der Waals surface area contributed by atoms with E-state index in [0.29, 0.717) is 30.1 Å². The summed E-state index contributed by atoms with van der Waals surface area (Å²) < 4.78 is 58.1. The van der Waals surface area contributed by atoms with Gasteiger partial charge in [0, 0.05) is 24.7 Å². The maximum absolute atomic E-state index is 13.2. The smallest absolute Gasteiger partial charge is 0.269 e. The monoisotopic (exact) mass is 518 g/mol. The van der Waals surface area contributed by atoms with Gasteiger partial charge >= 0.3 is 0 Å². The van der Waals surface area contributed by atoms with E-state index in [2.05, 4.69) is 9.97 Å². The van der Waals surface area contributed by atoms with Crippen LogP contribution in [0, 0.1) is 18.3 Å². The van der Waals surface area contributed by atoms with Crippen molar-refractivity contribution in [3.8, 4) is 0 Å². The van der Waals surface area contributed by atoms with E-state index in [4.69, 9.17) is 4.74 Å². The topological polar surface area (TPSA) is 111 Å². The molecule has 11 heteroatoms. The van der Waals surface area contributed by atoms with Crippen LogP contribution in [0.25, 0.3) is 11.0 Å². The third-order valence-corrected chi connectivity index (χ3v) is 10.9. The molecular formula is C24H30N4O5S2. The first-order valence-electron chi connectivity index (χ1n) is 11.6. The van der Waals surface area contributed by atoms with Crippen LogP contribution in [0.15, 0.2) is 47.8 Å². The average molecular weight is 519 g/mol. The van der Waals surface area contributed by atoms with Gasteiger partial charge in [-0.15, -0.1) is 0 Å². The summed E-state index contributed by atoms with van der Waals surface area (Å²) in [4.78, 5) is 10.9. The number of aryl methyl sites for hydroxylation is 1. The molecule has 2 aromatic heterocycles. The fourth-order valence-corrected chi connectivity index (χ4v) is 8.66. The third-order valence-electron chi connectivity index (χ3n) is 7.06. The average Bonchev–Trinajstić information content (AvgIpc) is 3.19. The van der Waals surface area contributed by atoms with Gasteiger partial charge in [-0.25, -0.2) is 30.8 Å². The Hall–Kier alpha value is -2.50. The van der Waals surface area contributed by atoms with Crippen LogP contribution in [-0.4, -0.2) is 68.6 Å². The van der Waals surface area contributed by atoms with Crippen molar-refractivity contribution < 1.29 is 21.6 Å². The zero-order valence-electron chi connectivity index (χ0n) is 20.1. The van der Waals surface area contributed by atoms with Crippen molar-refractivity contribution >= 4 is 36.7 Å². The van der Waals surface area contributed by atoms with Crippen molar-refractivity contribution in [2.45, 2.75) is 37.6 Å². The normalized spacial score (nSPS) is 21.9. The number of ether oxygens (including phenoxy) is 1. The first kappa shape index (κ1) is 24.2. The van der Waals surface area contributed by atoms with Gasteiger partial charge in [0.15, 0.2) is 15.5 Å². The second kappa shape index (κ2) is 8.56. The van der Waals surface area contributed by atoms with Gasteiger partial charge in [-0.1, -0.05) is 24.6 Å². The first-order chi connectivity index (χ1) is 16.5. The number of hydrogen-bond acceptors (Lipinski definition) is 8. The number of fused-ring (bicyclic) bond motifs is 1. The van der Waals surface area contributed by atoms with Crippen LogP contribution < -0.4 is 4.90 Å². The Morgan fingerprint density at radius 1 is 1.09 bits per heavy atom. The SMILES string of the molecule is Cc1ccc(S(=O)(=O)n2ccc3c(N(C)C4CC(CS(=O)(=O)CC5(C)COC5)C4)ncnc32)cc1. The van der Waals surface area contributed by atoms with Gasteiger partial charge in [0.05, 0.1) is 35.0 Å². The molecule has 0 radical (unpaired) electrons. The van der Waals surface area contributed by atoms with Gasteiger partial charge in [0.2, 0.25) is 0 Å². The van der Waals surface area contributed by atoms with Gasteiger partial charge < -0.3 is 9.64 Å². The Kier molecular flexibility index (Phi) is 5.92. The molecule has 2 aliphatic rings. The van der Waals surface area contributed by atoms with Crippen molar-refractivity contribution in [1.82, 2.24) is 13.9 Å². The summed E-state index contributed by atoms with van der Waals surface area (Å²) in [6.45, 7) is 4.87. The Balaban J connectivity index is 1.31. The lowest BCUT2D eigenvalue weighted by Crippen LogP contribution is -2.48. The minimum Gasteiger partial charge on any atom is -0.380 e. The largest absolute Gasteiger partial charge is 0.380 e. The molecule has 2 fully saturated rings. The predicted octanol–water partition coefficient (Wildman–Crippen LogP) is 2.64. The molecular weight excluding hydrogens is 488 g/mol. The van der Waals surface area contributed by atoms with Crippen LogP contribution in [0.5, 0.6) is 0 Å². The summed E-state index contributed by atoms with van der Waals surface area (Å²) in [5.41, 5.74) is 1.04. The fraction of sp³-hybridized carbons (Fsp3) is 0.500. The highest BCUT2D eigenvalue weighted by Crippen LogP contribution is 2.38. The number of hydrogen-bond donors (Lipinski definition) is 0. The molecule has 35 heavy (non-hydrogen) atoms. The van der Waals surface area contributed by atoms with E-state index < -0.39 is 19.9 Å². The maximum Gasteiger partial charge on any atom is 0.269 e. The molecule has 9 nitrogen and oxygen atoms in total. The summed E-state index contributed by atoms with van der Waals surface area (Å²) in [5.74, 6) is 1.11. The molecule has 0 atom stereocenters. The van der Waals surface area contributed by atoms with Crippen molar-refractivity contribution in [3.05, 3.63) is 48.4 Å². The summed E-state index contributed by atoms with van der Waals surface area (Å²) in [7, 11) is -5.04. The Bertz CT molecular complexity index is 1460. The van der Waals surface area contributed by atoms with Crippen molar-refractivity contribution in [1.29, 1.82) is 0 Å². The van der Waals surface area contributed by atoms with Crippen molar-refractivity contribution in [2.75, 3.05) is 36.7 Å². The molecule has 3 heterocycles. The summed E-state index contributed by atoms with van der Waals surface area (Å²) in [6.07, 6.45) is 4.37. The summed E-state index contributed by atoms with van der Waals surface area (Å²) in [5, 5.41) is 0.639. The highest BCUT2D eigenvalue weighted by Gasteiger charge is 2.41. The van der Waals surface area contributed by atoms with Crippen molar-refractivity contribution in [2.24, 2.45) is 11.3 Å². The van der Waals surface area contributed by atoms with Crippen LogP contribution >= 0.6 is 0 Å². The maximum atomic E-state index is 13.2. The Morgan fingerprint density at radius 3 is 2.40 bits per heavy atom. The Morgan fingerprint density at radius 2 is 1.77 bits per heavy atom.